The van der Waals surface area contributed by atoms with E-state index >= 15 is 0 Å². The summed E-state index contributed by atoms with van der Waals surface area (Å²) in [6, 6.07) is 0.703. The molecular weight excluding hydrogens is 579 g/mol. The van der Waals surface area contributed by atoms with E-state index in [2.05, 4.69) is 25.6 Å². The number of aromatic nitrogens is 4. The van der Waals surface area contributed by atoms with Gasteiger partial charge in [0.05, 0.1) is 23.7 Å². The van der Waals surface area contributed by atoms with Crippen molar-refractivity contribution in [2.75, 3.05) is 12.4 Å². The smallest absolute Gasteiger partial charge is 0.417 e. The third-order valence-corrected chi connectivity index (χ3v) is 7.12. The Balaban J connectivity index is 1.44. The van der Waals surface area contributed by atoms with Crippen LogP contribution in [0.3, 0.4) is 0 Å². The number of imidazole rings is 1. The average molecular weight is 604 g/mol. The lowest BCUT2D eigenvalue weighted by atomic mass is 10.2. The van der Waals surface area contributed by atoms with Crippen molar-refractivity contribution in [1.82, 2.24) is 29.3 Å². The molecule has 12 nitrogen and oxygen atoms in total. The van der Waals surface area contributed by atoms with Crippen molar-refractivity contribution in [3.05, 3.63) is 62.9 Å². The number of pyridine rings is 2. The minimum absolute atomic E-state index is 0.0121. The molecule has 3 aromatic rings. The van der Waals surface area contributed by atoms with Crippen LogP contribution in [0.1, 0.15) is 25.3 Å². The first kappa shape index (κ1) is 28.9. The van der Waals surface area contributed by atoms with Crippen molar-refractivity contribution in [1.29, 1.82) is 5.41 Å². The predicted molar refractivity (Wildman–Crippen MR) is 150 cm³/mol. The van der Waals surface area contributed by atoms with Gasteiger partial charge in [0.2, 0.25) is 11.9 Å². The van der Waals surface area contributed by atoms with E-state index in [1.807, 2.05) is 0 Å². The molecule has 1 aliphatic heterocycles. The Morgan fingerprint density at radius 1 is 1.33 bits per heavy atom. The molecule has 1 fully saturated rings. The number of hydrogen-bond acceptors (Lipinski definition) is 9. The Hall–Kier alpha value is -4.66. The highest BCUT2D eigenvalue weighted by molar-refractivity contribution is 6.36. The second-order valence-corrected chi connectivity index (χ2v) is 10.2. The zero-order chi connectivity index (χ0) is 30.5. The molecule has 0 aromatic carbocycles. The summed E-state index contributed by atoms with van der Waals surface area (Å²) in [4.78, 5) is 39.4. The van der Waals surface area contributed by atoms with Gasteiger partial charge in [-0.1, -0.05) is 11.6 Å². The highest BCUT2D eigenvalue weighted by Gasteiger charge is 2.34. The highest BCUT2D eigenvalue weighted by Crippen LogP contribution is 2.35. The third-order valence-electron chi connectivity index (χ3n) is 6.75. The summed E-state index contributed by atoms with van der Waals surface area (Å²) in [6.07, 6.45) is 1.55. The molecule has 2 aliphatic rings. The molecule has 0 atom stereocenters. The van der Waals surface area contributed by atoms with Crippen LogP contribution in [0.25, 0.3) is 11.2 Å². The number of hydrogen-bond donors (Lipinski definition) is 3. The van der Waals surface area contributed by atoms with Gasteiger partial charge >= 0.3 is 6.18 Å². The topological polar surface area (TPSA) is 143 Å². The Kier molecular flexibility index (Phi) is 7.30. The minimum atomic E-state index is -4.66. The van der Waals surface area contributed by atoms with Gasteiger partial charge in [-0.3, -0.25) is 14.5 Å². The van der Waals surface area contributed by atoms with Crippen LogP contribution in [0.4, 0.5) is 24.8 Å². The second-order valence-electron chi connectivity index (χ2n) is 9.79. The fourth-order valence-electron chi connectivity index (χ4n) is 4.28. The van der Waals surface area contributed by atoms with E-state index in [-0.39, 0.29) is 51.2 Å². The summed E-state index contributed by atoms with van der Waals surface area (Å²) >= 11 is 6.64. The maximum Gasteiger partial charge on any atom is 0.417 e. The number of aryl methyl sites for hydroxylation is 2. The van der Waals surface area contributed by atoms with E-state index in [4.69, 9.17) is 21.7 Å². The standard InChI is InChI=1S/C26H25ClF3N9O3/c1-12-20(32-10-18(34-12)38(3)23(40)13-5-6-13)16(8-31)42-17-9-33-22-21(19(17)27)39(4)25(36-22)35-15-7-14(26(28,29)30)11-37(2)24(15)41/h7-11,13,31-32H,5-6H2,1-4H3,(H,33,35,36)/b20-16+,31-8?. The Bertz CT molecular complexity index is 1780. The number of anilines is 2. The number of allylic oxidation sites excluding steroid dienone is 2. The molecule has 3 N–H and O–H groups in total. The lowest BCUT2D eigenvalue weighted by Crippen LogP contribution is -2.32. The van der Waals surface area contributed by atoms with Crippen molar-refractivity contribution in [2.24, 2.45) is 25.0 Å². The van der Waals surface area contributed by atoms with Crippen LogP contribution in [0.5, 0.6) is 5.75 Å². The predicted octanol–water partition coefficient (Wildman–Crippen LogP) is 4.05. The molecule has 1 amide bonds. The molecular formula is C26H25ClF3N9O3. The normalized spacial score (nSPS) is 16.4. The lowest BCUT2D eigenvalue weighted by molar-refractivity contribution is -0.138. The molecule has 0 spiro atoms. The number of halogens is 4. The van der Waals surface area contributed by atoms with Gasteiger partial charge in [0.15, 0.2) is 23.0 Å². The van der Waals surface area contributed by atoms with Gasteiger partial charge in [-0.25, -0.2) is 9.98 Å². The molecule has 0 unspecified atom stereocenters. The number of aliphatic imine (C=N–C) groups is 1. The Morgan fingerprint density at radius 3 is 2.67 bits per heavy atom. The Morgan fingerprint density at radius 2 is 2.05 bits per heavy atom. The maximum absolute atomic E-state index is 13.3. The molecule has 0 radical (unpaired) electrons. The number of alkyl halides is 3. The summed E-state index contributed by atoms with van der Waals surface area (Å²) < 4.78 is 48.1. The first-order chi connectivity index (χ1) is 19.8. The summed E-state index contributed by atoms with van der Waals surface area (Å²) in [5, 5.41) is 13.6. The largest absolute Gasteiger partial charge is 0.450 e. The summed E-state index contributed by atoms with van der Waals surface area (Å²) in [6.45, 7) is 1.69. The second kappa shape index (κ2) is 10.6. The molecule has 1 aliphatic carbocycles. The van der Waals surface area contributed by atoms with Crippen LogP contribution in [0.2, 0.25) is 5.02 Å². The quantitative estimate of drug-likeness (QED) is 0.273. The molecule has 220 valence electrons. The number of nitrogens with one attached hydrogen (secondary N) is 3. The number of carbonyl (C=O) groups excluding carboxylic acids is 1. The van der Waals surface area contributed by atoms with Crippen LogP contribution in [0, 0.1) is 11.3 Å². The molecule has 0 saturated heterocycles. The Labute approximate surface area is 241 Å². The lowest BCUT2D eigenvalue weighted by Gasteiger charge is -2.23. The van der Waals surface area contributed by atoms with Gasteiger partial charge in [-0.05, 0) is 25.8 Å². The molecule has 16 heteroatoms. The SMILES string of the molecule is CC1=NC(N(C)C(=O)C2CC2)=CN/C1=C(\C=N)Oc1cnc2nc(Nc3cc(C(F)(F)F)cn(C)c3=O)n(C)c2c1Cl. The first-order valence-electron chi connectivity index (χ1n) is 12.6. The summed E-state index contributed by atoms with van der Waals surface area (Å²) in [5.74, 6) is 0.553. The van der Waals surface area contributed by atoms with E-state index in [1.165, 1.54) is 36.0 Å². The van der Waals surface area contributed by atoms with E-state index in [1.54, 1.807) is 14.0 Å². The van der Waals surface area contributed by atoms with Crippen molar-refractivity contribution < 1.29 is 22.7 Å². The van der Waals surface area contributed by atoms with Crippen LogP contribution in [-0.4, -0.2) is 48.9 Å². The number of ether oxygens (including phenoxy) is 1. The van der Waals surface area contributed by atoms with Gasteiger partial charge in [0.1, 0.15) is 21.9 Å². The van der Waals surface area contributed by atoms with E-state index in [9.17, 15) is 22.8 Å². The van der Waals surface area contributed by atoms with Gasteiger partial charge in [0.25, 0.3) is 5.56 Å². The monoisotopic (exact) mass is 603 g/mol. The third kappa shape index (κ3) is 5.34. The van der Waals surface area contributed by atoms with Crippen LogP contribution in [-0.2, 0) is 25.1 Å². The van der Waals surface area contributed by atoms with Gasteiger partial charge in [0, 0.05) is 39.5 Å². The van der Waals surface area contributed by atoms with Crippen LogP contribution in [0.15, 0.2) is 51.7 Å². The summed E-state index contributed by atoms with van der Waals surface area (Å²) in [7, 11) is 4.40. The van der Waals surface area contributed by atoms with Crippen molar-refractivity contribution in [3.63, 3.8) is 0 Å². The first-order valence-corrected chi connectivity index (χ1v) is 13.0. The van der Waals surface area contributed by atoms with E-state index in [0.29, 0.717) is 29.5 Å². The van der Waals surface area contributed by atoms with Crippen molar-refractivity contribution in [3.8, 4) is 5.75 Å². The molecule has 3 aromatic heterocycles. The van der Waals surface area contributed by atoms with Crippen LogP contribution >= 0.6 is 11.6 Å². The molecule has 4 heterocycles. The molecule has 0 bridgehead atoms. The van der Waals surface area contributed by atoms with Gasteiger partial charge in [-0.2, -0.15) is 18.2 Å². The summed E-state index contributed by atoms with van der Waals surface area (Å²) in [5.41, 5.74) is -0.829. The van der Waals surface area contributed by atoms with E-state index < -0.39 is 17.3 Å². The van der Waals surface area contributed by atoms with Crippen LogP contribution < -0.4 is 20.9 Å². The molecule has 5 rings (SSSR count). The number of fused-ring (bicyclic) bond motifs is 1. The minimum Gasteiger partial charge on any atom is -0.450 e. The zero-order valence-corrected chi connectivity index (χ0v) is 23.6. The fourth-order valence-corrected chi connectivity index (χ4v) is 4.58. The maximum atomic E-state index is 13.3. The number of rotatable bonds is 7. The number of nitrogens with zero attached hydrogens (tertiary/aromatic N) is 6. The highest BCUT2D eigenvalue weighted by atomic mass is 35.5. The zero-order valence-electron chi connectivity index (χ0n) is 22.8. The molecule has 42 heavy (non-hydrogen) atoms. The van der Waals surface area contributed by atoms with E-state index in [0.717, 1.165) is 23.6 Å². The van der Waals surface area contributed by atoms with Crippen molar-refractivity contribution in [2.45, 2.75) is 25.9 Å². The number of carbonyl (C=O) groups is 1. The fraction of sp³-hybridized carbons (Fsp3) is 0.308. The van der Waals surface area contributed by atoms with Gasteiger partial charge < -0.3 is 29.9 Å². The molecule has 1 saturated carbocycles. The van der Waals surface area contributed by atoms with Crippen molar-refractivity contribution >= 4 is 52.2 Å². The van der Waals surface area contributed by atoms with Gasteiger partial charge in [-0.15, -0.1) is 0 Å². The number of amides is 1. The average Bonchev–Trinajstić information content (AvgIpc) is 3.74.